The summed E-state index contributed by atoms with van der Waals surface area (Å²) >= 11 is 0. The standard InChI is InChI=1S/C10H18N2O4/c1-11(2)5-3-6-12-7-4-8(9(13)14)16-10(12)15/h8H,3-7H2,1-2H3,(H,13,14). The van der Waals surface area contributed by atoms with Crippen LogP contribution in [0.5, 0.6) is 0 Å². The third kappa shape index (κ3) is 3.69. The largest absolute Gasteiger partial charge is 0.479 e. The lowest BCUT2D eigenvalue weighted by Crippen LogP contribution is -2.45. The molecule has 1 atom stereocenters. The molecule has 1 saturated heterocycles. The highest BCUT2D eigenvalue weighted by Gasteiger charge is 2.31. The van der Waals surface area contributed by atoms with Crippen molar-refractivity contribution in [1.29, 1.82) is 0 Å². The minimum atomic E-state index is -1.07. The van der Waals surface area contributed by atoms with Crippen molar-refractivity contribution >= 4 is 12.1 Å². The van der Waals surface area contributed by atoms with Crippen molar-refractivity contribution in [3.05, 3.63) is 0 Å². The normalized spacial score (nSPS) is 21.1. The van der Waals surface area contributed by atoms with E-state index >= 15 is 0 Å². The number of hydrogen-bond acceptors (Lipinski definition) is 4. The fraction of sp³-hybridized carbons (Fsp3) is 0.800. The molecule has 1 unspecified atom stereocenters. The molecule has 16 heavy (non-hydrogen) atoms. The Morgan fingerprint density at radius 2 is 2.31 bits per heavy atom. The lowest BCUT2D eigenvalue weighted by Gasteiger charge is -2.30. The first-order valence-electron chi connectivity index (χ1n) is 5.34. The summed E-state index contributed by atoms with van der Waals surface area (Å²) in [6, 6.07) is 0. The van der Waals surface area contributed by atoms with E-state index in [0.29, 0.717) is 19.5 Å². The zero-order valence-corrected chi connectivity index (χ0v) is 9.68. The highest BCUT2D eigenvalue weighted by atomic mass is 16.6. The first-order valence-corrected chi connectivity index (χ1v) is 5.34. The Morgan fingerprint density at radius 3 is 2.81 bits per heavy atom. The Hall–Kier alpha value is -1.30. The quantitative estimate of drug-likeness (QED) is 0.732. The Kier molecular flexibility index (Phi) is 4.54. The maximum Gasteiger partial charge on any atom is 0.410 e. The van der Waals surface area contributed by atoms with Crippen molar-refractivity contribution in [2.24, 2.45) is 0 Å². The van der Waals surface area contributed by atoms with Gasteiger partial charge in [-0.1, -0.05) is 0 Å². The molecule has 1 heterocycles. The third-order valence-electron chi connectivity index (χ3n) is 2.47. The van der Waals surface area contributed by atoms with E-state index < -0.39 is 18.2 Å². The van der Waals surface area contributed by atoms with Crippen LogP contribution in [0, 0.1) is 0 Å². The zero-order chi connectivity index (χ0) is 12.1. The molecule has 1 aliphatic heterocycles. The molecule has 0 bridgehead atoms. The predicted molar refractivity (Wildman–Crippen MR) is 57.3 cm³/mol. The van der Waals surface area contributed by atoms with Gasteiger partial charge in [-0.15, -0.1) is 0 Å². The van der Waals surface area contributed by atoms with Crippen molar-refractivity contribution in [2.45, 2.75) is 18.9 Å². The van der Waals surface area contributed by atoms with E-state index in [-0.39, 0.29) is 0 Å². The molecule has 1 amide bonds. The second-order valence-corrected chi connectivity index (χ2v) is 4.14. The van der Waals surface area contributed by atoms with Gasteiger partial charge >= 0.3 is 12.1 Å². The van der Waals surface area contributed by atoms with E-state index in [1.54, 1.807) is 4.90 Å². The summed E-state index contributed by atoms with van der Waals surface area (Å²) in [6.45, 7) is 1.97. The summed E-state index contributed by atoms with van der Waals surface area (Å²) in [7, 11) is 3.93. The number of cyclic esters (lactones) is 1. The Bertz CT molecular complexity index is 268. The van der Waals surface area contributed by atoms with Gasteiger partial charge in [0.25, 0.3) is 0 Å². The molecule has 0 aliphatic carbocycles. The monoisotopic (exact) mass is 230 g/mol. The van der Waals surface area contributed by atoms with Crippen LogP contribution in [0.15, 0.2) is 0 Å². The van der Waals surface area contributed by atoms with Crippen molar-refractivity contribution in [1.82, 2.24) is 9.80 Å². The van der Waals surface area contributed by atoms with Gasteiger partial charge in [-0.2, -0.15) is 0 Å². The SMILES string of the molecule is CN(C)CCCN1CCC(C(=O)O)OC1=O. The number of rotatable bonds is 5. The summed E-state index contributed by atoms with van der Waals surface area (Å²) < 4.78 is 4.79. The van der Waals surface area contributed by atoms with E-state index in [4.69, 9.17) is 9.84 Å². The van der Waals surface area contributed by atoms with Crippen LogP contribution in [0.4, 0.5) is 4.79 Å². The number of carbonyl (C=O) groups excluding carboxylic acids is 1. The van der Waals surface area contributed by atoms with E-state index in [1.807, 2.05) is 19.0 Å². The average molecular weight is 230 g/mol. The molecule has 6 nitrogen and oxygen atoms in total. The van der Waals surface area contributed by atoms with Gasteiger partial charge in [0.1, 0.15) is 0 Å². The first-order chi connectivity index (χ1) is 7.50. The number of hydrogen-bond donors (Lipinski definition) is 1. The van der Waals surface area contributed by atoms with Crippen LogP contribution >= 0.6 is 0 Å². The van der Waals surface area contributed by atoms with Gasteiger partial charge in [-0.05, 0) is 27.1 Å². The van der Waals surface area contributed by atoms with E-state index in [9.17, 15) is 9.59 Å². The van der Waals surface area contributed by atoms with Crippen LogP contribution in [0.3, 0.4) is 0 Å². The van der Waals surface area contributed by atoms with Gasteiger partial charge in [0, 0.05) is 19.5 Å². The minimum Gasteiger partial charge on any atom is -0.479 e. The molecule has 0 aromatic carbocycles. The Labute approximate surface area is 94.8 Å². The number of ether oxygens (including phenoxy) is 1. The summed E-state index contributed by atoms with van der Waals surface area (Å²) in [5, 5.41) is 8.69. The number of carbonyl (C=O) groups is 2. The smallest absolute Gasteiger partial charge is 0.410 e. The number of amides is 1. The second kappa shape index (κ2) is 5.69. The summed E-state index contributed by atoms with van der Waals surface area (Å²) in [4.78, 5) is 25.6. The fourth-order valence-corrected chi connectivity index (χ4v) is 1.57. The van der Waals surface area contributed by atoms with Gasteiger partial charge in [-0.3, -0.25) is 0 Å². The first kappa shape index (κ1) is 12.8. The average Bonchev–Trinajstić information content (AvgIpc) is 2.19. The molecule has 1 aliphatic rings. The Morgan fingerprint density at radius 1 is 1.62 bits per heavy atom. The maximum absolute atomic E-state index is 11.4. The predicted octanol–water partition coefficient (Wildman–Crippen LogP) is 0.234. The minimum absolute atomic E-state index is 0.364. The third-order valence-corrected chi connectivity index (χ3v) is 2.47. The van der Waals surface area contributed by atoms with Crippen LogP contribution in [0.1, 0.15) is 12.8 Å². The molecule has 6 heteroatoms. The second-order valence-electron chi connectivity index (χ2n) is 4.14. The van der Waals surface area contributed by atoms with Crippen LogP contribution in [-0.4, -0.2) is 66.8 Å². The highest BCUT2D eigenvalue weighted by Crippen LogP contribution is 2.12. The van der Waals surface area contributed by atoms with Gasteiger partial charge in [0.15, 0.2) is 0 Å². The molecular weight excluding hydrogens is 212 g/mol. The molecule has 1 fully saturated rings. The molecule has 0 spiro atoms. The van der Waals surface area contributed by atoms with E-state index in [2.05, 4.69) is 0 Å². The number of carboxylic acids is 1. The summed E-state index contributed by atoms with van der Waals surface area (Å²) in [5.41, 5.74) is 0. The van der Waals surface area contributed by atoms with Crippen molar-refractivity contribution in [3.8, 4) is 0 Å². The molecule has 0 aromatic rings. The number of carboxylic acid groups (broad SMARTS) is 1. The van der Waals surface area contributed by atoms with E-state index in [0.717, 1.165) is 13.0 Å². The van der Waals surface area contributed by atoms with Crippen LogP contribution in [0.25, 0.3) is 0 Å². The Balaban J connectivity index is 2.31. The summed E-state index contributed by atoms with van der Waals surface area (Å²) in [5.74, 6) is -1.07. The van der Waals surface area contributed by atoms with Gasteiger partial charge in [0.2, 0.25) is 6.10 Å². The fourth-order valence-electron chi connectivity index (χ4n) is 1.57. The van der Waals surface area contributed by atoms with Crippen molar-refractivity contribution < 1.29 is 19.4 Å². The van der Waals surface area contributed by atoms with Crippen molar-refractivity contribution in [2.75, 3.05) is 33.7 Å². The van der Waals surface area contributed by atoms with Crippen molar-refractivity contribution in [3.63, 3.8) is 0 Å². The summed E-state index contributed by atoms with van der Waals surface area (Å²) in [6.07, 6.45) is -0.266. The number of aliphatic carboxylic acids is 1. The molecule has 0 aromatic heterocycles. The lowest BCUT2D eigenvalue weighted by molar-refractivity contribution is -0.149. The number of nitrogens with zero attached hydrogens (tertiary/aromatic N) is 2. The van der Waals surface area contributed by atoms with Crippen LogP contribution in [0.2, 0.25) is 0 Å². The highest BCUT2D eigenvalue weighted by molar-refractivity contribution is 5.78. The lowest BCUT2D eigenvalue weighted by atomic mass is 10.2. The molecular formula is C10H18N2O4. The van der Waals surface area contributed by atoms with Crippen LogP contribution in [-0.2, 0) is 9.53 Å². The molecule has 0 saturated carbocycles. The molecule has 1 rings (SSSR count). The zero-order valence-electron chi connectivity index (χ0n) is 9.68. The maximum atomic E-state index is 11.4. The molecule has 0 radical (unpaired) electrons. The molecule has 1 N–H and O–H groups in total. The van der Waals surface area contributed by atoms with Gasteiger partial charge in [0.05, 0.1) is 0 Å². The topological polar surface area (TPSA) is 70.1 Å². The van der Waals surface area contributed by atoms with Crippen LogP contribution < -0.4 is 0 Å². The van der Waals surface area contributed by atoms with Gasteiger partial charge < -0.3 is 19.6 Å². The molecule has 92 valence electrons. The van der Waals surface area contributed by atoms with Gasteiger partial charge in [-0.25, -0.2) is 9.59 Å². The van der Waals surface area contributed by atoms with E-state index in [1.165, 1.54) is 0 Å².